The van der Waals surface area contributed by atoms with Crippen molar-refractivity contribution in [2.24, 2.45) is 0 Å². The van der Waals surface area contributed by atoms with E-state index in [1.54, 1.807) is 0 Å². The fraction of sp³-hybridized carbons (Fsp3) is 0.250. The average molecular weight is 345 g/mol. The van der Waals surface area contributed by atoms with Crippen molar-refractivity contribution in [2.75, 3.05) is 0 Å². The molecule has 7 heteroatoms. The Hall–Kier alpha value is -0.560. The first kappa shape index (κ1) is 12.5. The molecule has 0 bridgehead atoms. The van der Waals surface area contributed by atoms with Crippen LogP contribution < -0.4 is 0 Å². The second kappa shape index (κ2) is 4.98. The van der Waals surface area contributed by atoms with Crippen LogP contribution in [-0.2, 0) is 5.33 Å². The van der Waals surface area contributed by atoms with Gasteiger partial charge in [-0.05, 0) is 15.9 Å². The molecule has 0 atom stereocenters. The minimum absolute atomic E-state index is 0.116. The van der Waals surface area contributed by atoms with Crippen molar-refractivity contribution >= 4 is 37.8 Å². The number of rotatable bonds is 3. The van der Waals surface area contributed by atoms with Crippen LogP contribution in [-0.4, -0.2) is 16.1 Å². The summed E-state index contributed by atoms with van der Waals surface area (Å²) in [5.74, 6) is -1.29. The third-order valence-electron chi connectivity index (χ3n) is 1.70. The third kappa shape index (κ3) is 2.52. The highest BCUT2D eigenvalue weighted by Crippen LogP contribution is 2.31. The van der Waals surface area contributed by atoms with Crippen LogP contribution in [0.2, 0.25) is 0 Å². The van der Waals surface area contributed by atoms with Crippen molar-refractivity contribution in [3.05, 3.63) is 27.5 Å². The summed E-state index contributed by atoms with van der Waals surface area (Å²) in [6.07, 6.45) is -1.79. The predicted molar refractivity (Wildman–Crippen MR) is 56.5 cm³/mol. The van der Waals surface area contributed by atoms with E-state index in [0.717, 1.165) is 6.20 Å². The summed E-state index contributed by atoms with van der Waals surface area (Å²) in [6, 6.07) is 0. The number of hydrogen-bond donors (Lipinski definition) is 1. The number of aromatic carboxylic acids is 1. The van der Waals surface area contributed by atoms with Crippen LogP contribution in [0.25, 0.3) is 0 Å². The summed E-state index contributed by atoms with van der Waals surface area (Å²) in [4.78, 5) is 14.5. The number of pyridine rings is 1. The average Bonchev–Trinajstić information content (AvgIpc) is 2.15. The highest BCUT2D eigenvalue weighted by Gasteiger charge is 2.22. The first-order valence-electron chi connectivity index (χ1n) is 3.73. The number of carboxylic acids is 1. The highest BCUT2D eigenvalue weighted by atomic mass is 79.9. The van der Waals surface area contributed by atoms with E-state index in [4.69, 9.17) is 5.11 Å². The Bertz CT molecular complexity index is 398. The topological polar surface area (TPSA) is 50.2 Å². The smallest absolute Gasteiger partial charge is 0.338 e. The molecule has 0 fully saturated rings. The molecular formula is C8H5Br2F2NO2. The molecule has 3 nitrogen and oxygen atoms in total. The van der Waals surface area contributed by atoms with Gasteiger partial charge in [-0.25, -0.2) is 13.6 Å². The second-order valence-corrected chi connectivity index (χ2v) is 3.94. The summed E-state index contributed by atoms with van der Waals surface area (Å²) in [7, 11) is 0. The quantitative estimate of drug-likeness (QED) is 0.855. The van der Waals surface area contributed by atoms with Gasteiger partial charge < -0.3 is 5.11 Å². The van der Waals surface area contributed by atoms with Crippen LogP contribution in [0.5, 0.6) is 0 Å². The molecule has 0 saturated carbocycles. The van der Waals surface area contributed by atoms with Gasteiger partial charge in [-0.2, -0.15) is 0 Å². The number of aromatic nitrogens is 1. The molecule has 0 unspecified atom stereocenters. The first-order chi connectivity index (χ1) is 6.99. The summed E-state index contributed by atoms with van der Waals surface area (Å²) >= 11 is 5.89. The van der Waals surface area contributed by atoms with Gasteiger partial charge in [0, 0.05) is 16.0 Å². The molecule has 0 aromatic carbocycles. The van der Waals surface area contributed by atoms with Crippen molar-refractivity contribution in [2.45, 2.75) is 11.8 Å². The molecule has 1 aromatic heterocycles. The van der Waals surface area contributed by atoms with Gasteiger partial charge in [0.05, 0.1) is 16.8 Å². The molecule has 15 heavy (non-hydrogen) atoms. The number of carbonyl (C=O) groups is 1. The molecule has 82 valence electrons. The molecule has 0 aliphatic rings. The summed E-state index contributed by atoms with van der Waals surface area (Å²) < 4.78 is 24.7. The van der Waals surface area contributed by atoms with Gasteiger partial charge >= 0.3 is 5.97 Å². The minimum Gasteiger partial charge on any atom is -0.478 e. The molecular weight excluding hydrogens is 340 g/mol. The molecule has 0 saturated heterocycles. The van der Waals surface area contributed by atoms with E-state index in [9.17, 15) is 13.6 Å². The lowest BCUT2D eigenvalue weighted by Gasteiger charge is -2.08. The Labute approximate surface area is 101 Å². The SMILES string of the molecule is O=C(O)c1c(CBr)ncc(C(F)F)c1Br. The normalized spacial score (nSPS) is 10.7. The Morgan fingerprint density at radius 3 is 2.60 bits per heavy atom. The van der Waals surface area contributed by atoms with Crippen molar-refractivity contribution < 1.29 is 18.7 Å². The van der Waals surface area contributed by atoms with Gasteiger partial charge in [0.15, 0.2) is 0 Å². The molecule has 0 amide bonds. The van der Waals surface area contributed by atoms with E-state index in [1.807, 2.05) is 0 Å². The number of nitrogens with zero attached hydrogens (tertiary/aromatic N) is 1. The molecule has 1 heterocycles. The van der Waals surface area contributed by atoms with Gasteiger partial charge in [-0.3, -0.25) is 4.98 Å². The third-order valence-corrected chi connectivity index (χ3v) is 3.08. The summed E-state index contributed by atoms with van der Waals surface area (Å²) in [6.45, 7) is 0. The van der Waals surface area contributed by atoms with Gasteiger partial charge in [0.1, 0.15) is 0 Å². The molecule has 0 aliphatic heterocycles. The predicted octanol–water partition coefficient (Wildman–Crippen LogP) is 3.37. The highest BCUT2D eigenvalue weighted by molar-refractivity contribution is 9.10. The van der Waals surface area contributed by atoms with Crippen LogP contribution >= 0.6 is 31.9 Å². The van der Waals surface area contributed by atoms with Crippen LogP contribution in [0.3, 0.4) is 0 Å². The lowest BCUT2D eigenvalue weighted by Crippen LogP contribution is -2.07. The molecule has 1 N–H and O–H groups in total. The molecule has 0 aliphatic carbocycles. The fourth-order valence-corrected chi connectivity index (χ4v) is 2.11. The molecule has 1 aromatic rings. The van der Waals surface area contributed by atoms with Crippen LogP contribution in [0.4, 0.5) is 8.78 Å². The van der Waals surface area contributed by atoms with Gasteiger partial charge in [0.25, 0.3) is 6.43 Å². The van der Waals surface area contributed by atoms with Gasteiger partial charge in [0.2, 0.25) is 0 Å². The van der Waals surface area contributed by atoms with E-state index < -0.39 is 18.0 Å². The fourth-order valence-electron chi connectivity index (χ4n) is 1.01. The zero-order chi connectivity index (χ0) is 11.6. The molecule has 0 spiro atoms. The standard InChI is InChI=1S/C8H5Br2F2NO2/c9-1-4-5(8(14)15)6(10)3(2-13-4)7(11)12/h2,7H,1H2,(H,14,15). The largest absolute Gasteiger partial charge is 0.478 e. The van der Waals surface area contributed by atoms with Crippen molar-refractivity contribution in [3.8, 4) is 0 Å². The molecule has 0 radical (unpaired) electrons. The van der Waals surface area contributed by atoms with Crippen molar-refractivity contribution in [1.82, 2.24) is 4.98 Å². The van der Waals surface area contributed by atoms with Crippen molar-refractivity contribution in [3.63, 3.8) is 0 Å². The Kier molecular flexibility index (Phi) is 4.15. The van der Waals surface area contributed by atoms with Gasteiger partial charge in [-0.15, -0.1) is 0 Å². The van der Waals surface area contributed by atoms with Crippen LogP contribution in [0, 0.1) is 0 Å². The van der Waals surface area contributed by atoms with E-state index >= 15 is 0 Å². The maximum absolute atomic E-state index is 12.4. The minimum atomic E-state index is -2.76. The van der Waals surface area contributed by atoms with Crippen LogP contribution in [0.15, 0.2) is 10.7 Å². The monoisotopic (exact) mass is 343 g/mol. The number of carboxylic acid groups (broad SMARTS) is 1. The van der Waals surface area contributed by atoms with E-state index in [-0.39, 0.29) is 21.1 Å². The zero-order valence-corrected chi connectivity index (χ0v) is 10.3. The molecule has 1 rings (SSSR count). The lowest BCUT2D eigenvalue weighted by atomic mass is 10.1. The van der Waals surface area contributed by atoms with Crippen molar-refractivity contribution in [1.29, 1.82) is 0 Å². The Morgan fingerprint density at radius 2 is 2.20 bits per heavy atom. The number of halogens is 4. The summed E-state index contributed by atoms with van der Waals surface area (Å²) in [5.41, 5.74) is -0.444. The lowest BCUT2D eigenvalue weighted by molar-refractivity contribution is 0.0693. The number of alkyl halides is 3. The van der Waals surface area contributed by atoms with E-state index in [0.29, 0.717) is 0 Å². The van der Waals surface area contributed by atoms with E-state index in [1.165, 1.54) is 0 Å². The van der Waals surface area contributed by atoms with Crippen LogP contribution in [0.1, 0.15) is 28.0 Å². The second-order valence-electron chi connectivity index (χ2n) is 2.59. The number of hydrogen-bond acceptors (Lipinski definition) is 2. The Balaban J connectivity index is 3.42. The van der Waals surface area contributed by atoms with E-state index in [2.05, 4.69) is 36.8 Å². The Morgan fingerprint density at radius 1 is 1.60 bits per heavy atom. The summed E-state index contributed by atoms with van der Waals surface area (Å²) in [5, 5.41) is 9.04. The maximum atomic E-state index is 12.4. The van der Waals surface area contributed by atoms with Gasteiger partial charge in [-0.1, -0.05) is 15.9 Å². The zero-order valence-electron chi connectivity index (χ0n) is 7.18. The first-order valence-corrected chi connectivity index (χ1v) is 5.65. The maximum Gasteiger partial charge on any atom is 0.338 e.